The molecule has 0 bridgehead atoms. The zero-order chi connectivity index (χ0) is 29.5. The standard InChI is InChI=1S/C32H40N2O6/c1-8-10-18-40-30(37)33-27(31(3,4)5)28(35)34-21-32(39-7,20-26(34)29(36)38-6)24-16-17-25(22(9-2)19-24)23-14-12-11-13-15-23/h8-9,11-17,19,26-27H,1-2,10,18,20-21H2,3-7H3,(H,33,37)/t26-,27+,32-/m0/s1. The number of esters is 1. The van der Waals surface area contributed by atoms with Crippen LogP contribution in [0.15, 0.2) is 67.8 Å². The molecule has 0 spiro atoms. The highest BCUT2D eigenvalue weighted by Gasteiger charge is 2.53. The van der Waals surface area contributed by atoms with Gasteiger partial charge in [-0.2, -0.15) is 0 Å². The fourth-order valence-corrected chi connectivity index (χ4v) is 5.03. The van der Waals surface area contributed by atoms with Crippen molar-refractivity contribution >= 4 is 24.0 Å². The number of benzene rings is 2. The first-order chi connectivity index (χ1) is 19.0. The van der Waals surface area contributed by atoms with E-state index < -0.39 is 41.1 Å². The third-order valence-corrected chi connectivity index (χ3v) is 7.28. The Hall–Kier alpha value is -3.91. The molecule has 0 radical (unpaired) electrons. The number of hydrogen-bond donors (Lipinski definition) is 1. The molecule has 1 fully saturated rings. The van der Waals surface area contributed by atoms with Crippen molar-refractivity contribution in [2.75, 3.05) is 27.4 Å². The maximum atomic E-state index is 14.0. The van der Waals surface area contributed by atoms with Crippen molar-refractivity contribution in [3.8, 4) is 11.1 Å². The Morgan fingerprint density at radius 2 is 1.82 bits per heavy atom. The van der Waals surface area contributed by atoms with Crippen LogP contribution in [0.3, 0.4) is 0 Å². The van der Waals surface area contributed by atoms with Crippen LogP contribution in [0.2, 0.25) is 0 Å². The number of ether oxygens (including phenoxy) is 3. The van der Waals surface area contributed by atoms with Gasteiger partial charge in [-0.25, -0.2) is 9.59 Å². The number of carbonyl (C=O) groups excluding carboxylic acids is 3. The van der Waals surface area contributed by atoms with E-state index in [0.717, 1.165) is 22.3 Å². The van der Waals surface area contributed by atoms with Crippen molar-refractivity contribution in [3.05, 3.63) is 78.9 Å². The molecule has 1 saturated heterocycles. The van der Waals surface area contributed by atoms with E-state index in [9.17, 15) is 14.4 Å². The highest BCUT2D eigenvalue weighted by molar-refractivity contribution is 5.91. The Morgan fingerprint density at radius 1 is 1.12 bits per heavy atom. The topological polar surface area (TPSA) is 94.2 Å². The molecule has 0 saturated carbocycles. The van der Waals surface area contributed by atoms with Gasteiger partial charge in [-0.05, 0) is 40.2 Å². The summed E-state index contributed by atoms with van der Waals surface area (Å²) >= 11 is 0. The first-order valence-electron chi connectivity index (χ1n) is 13.3. The van der Waals surface area contributed by atoms with Crippen LogP contribution in [-0.4, -0.2) is 62.3 Å². The zero-order valence-corrected chi connectivity index (χ0v) is 24.1. The van der Waals surface area contributed by atoms with Gasteiger partial charge in [0.1, 0.15) is 17.7 Å². The second-order valence-corrected chi connectivity index (χ2v) is 10.9. The number of carbonyl (C=O) groups is 3. The van der Waals surface area contributed by atoms with Gasteiger partial charge in [0.2, 0.25) is 5.91 Å². The minimum atomic E-state index is -0.992. The van der Waals surface area contributed by atoms with Crippen LogP contribution < -0.4 is 5.32 Å². The van der Waals surface area contributed by atoms with Gasteiger partial charge in [0.15, 0.2) is 0 Å². The zero-order valence-electron chi connectivity index (χ0n) is 24.1. The number of alkyl carbamates (subject to hydrolysis) is 1. The maximum Gasteiger partial charge on any atom is 0.407 e. The van der Waals surface area contributed by atoms with Crippen molar-refractivity contribution in [2.24, 2.45) is 5.41 Å². The van der Waals surface area contributed by atoms with E-state index in [2.05, 4.69) is 18.5 Å². The Morgan fingerprint density at radius 3 is 2.40 bits per heavy atom. The molecule has 1 aliphatic heterocycles. The van der Waals surface area contributed by atoms with Gasteiger partial charge in [-0.1, -0.05) is 82.0 Å². The van der Waals surface area contributed by atoms with Crippen molar-refractivity contribution < 1.29 is 28.6 Å². The summed E-state index contributed by atoms with van der Waals surface area (Å²) in [5.74, 6) is -0.981. The third kappa shape index (κ3) is 6.62. The number of nitrogens with zero attached hydrogens (tertiary/aromatic N) is 1. The van der Waals surface area contributed by atoms with Crippen LogP contribution >= 0.6 is 0 Å². The molecule has 8 heteroatoms. The van der Waals surface area contributed by atoms with Crippen LogP contribution in [0.5, 0.6) is 0 Å². The maximum absolute atomic E-state index is 14.0. The smallest absolute Gasteiger partial charge is 0.407 e. The minimum absolute atomic E-state index is 0.0864. The number of methoxy groups -OCH3 is 2. The number of hydrogen-bond acceptors (Lipinski definition) is 6. The van der Waals surface area contributed by atoms with Crippen LogP contribution in [-0.2, 0) is 29.4 Å². The van der Waals surface area contributed by atoms with E-state index in [1.807, 2.05) is 69.3 Å². The van der Waals surface area contributed by atoms with E-state index in [-0.39, 0.29) is 19.6 Å². The van der Waals surface area contributed by atoms with Gasteiger partial charge in [0, 0.05) is 13.5 Å². The van der Waals surface area contributed by atoms with E-state index in [1.54, 1.807) is 19.3 Å². The summed E-state index contributed by atoms with van der Waals surface area (Å²) < 4.78 is 16.4. The Bertz CT molecular complexity index is 1240. The van der Waals surface area contributed by atoms with Crippen molar-refractivity contribution in [1.29, 1.82) is 0 Å². The van der Waals surface area contributed by atoms with Gasteiger partial charge in [-0.3, -0.25) is 4.79 Å². The molecule has 3 atom stereocenters. The number of rotatable bonds is 10. The van der Waals surface area contributed by atoms with E-state index in [4.69, 9.17) is 14.2 Å². The molecule has 3 rings (SSSR count). The summed E-state index contributed by atoms with van der Waals surface area (Å²) in [6.45, 7) is 13.4. The summed E-state index contributed by atoms with van der Waals surface area (Å²) in [5.41, 5.74) is 2.09. The van der Waals surface area contributed by atoms with E-state index in [1.165, 1.54) is 12.0 Å². The predicted octanol–water partition coefficient (Wildman–Crippen LogP) is 5.33. The van der Waals surface area contributed by atoms with Gasteiger partial charge >= 0.3 is 12.1 Å². The molecular weight excluding hydrogens is 508 g/mol. The minimum Gasteiger partial charge on any atom is -0.467 e. The summed E-state index contributed by atoms with van der Waals surface area (Å²) in [5, 5.41) is 2.71. The number of likely N-dealkylation sites (tertiary alicyclic amines) is 1. The lowest BCUT2D eigenvalue weighted by atomic mass is 9.85. The van der Waals surface area contributed by atoms with E-state index in [0.29, 0.717) is 6.42 Å². The molecule has 2 aromatic rings. The lowest BCUT2D eigenvalue weighted by Crippen LogP contribution is -2.57. The Kier molecular flexibility index (Phi) is 9.93. The van der Waals surface area contributed by atoms with Crippen LogP contribution in [0.4, 0.5) is 4.79 Å². The summed E-state index contributed by atoms with van der Waals surface area (Å²) in [6, 6.07) is 14.0. The van der Waals surface area contributed by atoms with Crippen molar-refractivity contribution in [2.45, 2.75) is 51.3 Å². The van der Waals surface area contributed by atoms with Gasteiger partial charge in [0.05, 0.1) is 20.3 Å². The molecule has 1 aliphatic rings. The van der Waals surface area contributed by atoms with Gasteiger partial charge in [-0.15, -0.1) is 6.58 Å². The Balaban J connectivity index is 1.99. The monoisotopic (exact) mass is 548 g/mol. The average molecular weight is 549 g/mol. The molecule has 214 valence electrons. The number of amides is 2. The number of nitrogens with one attached hydrogen (secondary N) is 1. The molecule has 0 aliphatic carbocycles. The SMILES string of the molecule is C=CCCOC(=O)N[C@H](C(=O)N1C[C@](OC)(c2ccc(-c3ccccc3)c(C=C)c2)C[C@H]1C(=O)OC)C(C)(C)C. The fourth-order valence-electron chi connectivity index (χ4n) is 5.03. The molecule has 8 nitrogen and oxygen atoms in total. The summed E-state index contributed by atoms with van der Waals surface area (Å²) in [7, 11) is 2.86. The normalized spacial score (nSPS) is 19.4. The third-order valence-electron chi connectivity index (χ3n) is 7.28. The molecular formula is C32H40N2O6. The highest BCUT2D eigenvalue weighted by atomic mass is 16.5. The molecule has 2 aromatic carbocycles. The van der Waals surface area contributed by atoms with Crippen molar-refractivity contribution in [1.82, 2.24) is 10.2 Å². The molecule has 40 heavy (non-hydrogen) atoms. The lowest BCUT2D eigenvalue weighted by Gasteiger charge is -2.35. The van der Waals surface area contributed by atoms with Gasteiger partial charge in [0.25, 0.3) is 0 Å². The Labute approximate surface area is 237 Å². The average Bonchev–Trinajstić information content (AvgIpc) is 3.36. The quantitative estimate of drug-likeness (QED) is 0.245. The molecule has 1 heterocycles. The largest absolute Gasteiger partial charge is 0.467 e. The van der Waals surface area contributed by atoms with Gasteiger partial charge < -0.3 is 24.4 Å². The van der Waals surface area contributed by atoms with Crippen LogP contribution in [0.1, 0.15) is 44.7 Å². The molecule has 2 amide bonds. The van der Waals surface area contributed by atoms with Crippen LogP contribution in [0.25, 0.3) is 17.2 Å². The fraction of sp³-hybridized carbons (Fsp3) is 0.406. The molecule has 1 N–H and O–H groups in total. The molecule has 0 unspecified atom stereocenters. The lowest BCUT2D eigenvalue weighted by molar-refractivity contribution is -0.152. The molecule has 0 aromatic heterocycles. The van der Waals surface area contributed by atoms with E-state index >= 15 is 0 Å². The highest BCUT2D eigenvalue weighted by Crippen LogP contribution is 2.42. The van der Waals surface area contributed by atoms with Crippen molar-refractivity contribution in [3.63, 3.8) is 0 Å². The predicted molar refractivity (Wildman–Crippen MR) is 155 cm³/mol. The second kappa shape index (κ2) is 13.0. The first kappa shape index (κ1) is 30.6. The summed E-state index contributed by atoms with van der Waals surface area (Å²) in [6.07, 6.45) is 3.38. The first-order valence-corrected chi connectivity index (χ1v) is 13.3. The van der Waals surface area contributed by atoms with Crippen LogP contribution in [0, 0.1) is 5.41 Å². The summed E-state index contributed by atoms with van der Waals surface area (Å²) in [4.78, 5) is 41.0. The second-order valence-electron chi connectivity index (χ2n) is 10.9.